The number of rotatable bonds is 2. The first-order valence-corrected chi connectivity index (χ1v) is 4.62. The van der Waals surface area contributed by atoms with E-state index in [4.69, 9.17) is 9.88 Å². The molecule has 1 heterocycles. The molecule has 0 unspecified atom stereocenters. The van der Waals surface area contributed by atoms with Crippen molar-refractivity contribution in [2.75, 3.05) is 7.11 Å². The second-order valence-corrected chi connectivity index (χ2v) is 3.59. The molecule has 0 aliphatic carbocycles. The van der Waals surface area contributed by atoms with Crippen LogP contribution < -0.4 is 9.88 Å². The fourth-order valence-electron chi connectivity index (χ4n) is 0.746. The average Bonchev–Trinajstić information content (AvgIpc) is 2.03. The minimum atomic E-state index is -3.73. The van der Waals surface area contributed by atoms with Crippen molar-refractivity contribution in [2.24, 2.45) is 5.14 Å². The van der Waals surface area contributed by atoms with Gasteiger partial charge in [-0.25, -0.2) is 18.5 Å². The van der Waals surface area contributed by atoms with Crippen molar-refractivity contribution in [3.8, 4) is 5.88 Å². The van der Waals surface area contributed by atoms with E-state index in [9.17, 15) is 8.42 Å². The minimum Gasteiger partial charge on any atom is -0.480 e. The maximum atomic E-state index is 10.9. The predicted molar refractivity (Wildman–Crippen MR) is 42.2 cm³/mol. The number of pyridine rings is 1. The van der Waals surface area contributed by atoms with Crippen molar-refractivity contribution in [3.05, 3.63) is 18.3 Å². The SMILES string of the molecule is COc1ncccc1S(N)(=O)=O. The summed E-state index contributed by atoms with van der Waals surface area (Å²) in [6.45, 7) is 0. The number of nitrogens with two attached hydrogens (primary N) is 1. The molecule has 66 valence electrons. The van der Waals surface area contributed by atoms with Gasteiger partial charge in [-0.1, -0.05) is 0 Å². The standard InChI is InChI=1S/C6H8N2O3S/c1-11-6-5(12(7,9)10)3-2-4-8-6/h2-4H,1H3,(H2,7,9,10). The highest BCUT2D eigenvalue weighted by Gasteiger charge is 2.14. The topological polar surface area (TPSA) is 82.3 Å². The van der Waals surface area contributed by atoms with Crippen molar-refractivity contribution >= 4 is 10.0 Å². The first-order valence-electron chi connectivity index (χ1n) is 3.07. The van der Waals surface area contributed by atoms with Crippen molar-refractivity contribution in [2.45, 2.75) is 4.90 Å². The van der Waals surface area contributed by atoms with Crippen LogP contribution in [0.15, 0.2) is 23.2 Å². The Balaban J connectivity index is 3.33. The van der Waals surface area contributed by atoms with Gasteiger partial charge in [0.2, 0.25) is 15.9 Å². The fraction of sp³-hybridized carbons (Fsp3) is 0.167. The van der Waals surface area contributed by atoms with E-state index in [1.807, 2.05) is 0 Å². The normalized spacial score (nSPS) is 11.2. The van der Waals surface area contributed by atoms with E-state index in [1.54, 1.807) is 0 Å². The largest absolute Gasteiger partial charge is 0.480 e. The monoisotopic (exact) mass is 188 g/mol. The number of aromatic nitrogens is 1. The predicted octanol–water partition coefficient (Wildman–Crippen LogP) is -0.262. The summed E-state index contributed by atoms with van der Waals surface area (Å²) in [5.41, 5.74) is 0. The van der Waals surface area contributed by atoms with E-state index in [-0.39, 0.29) is 10.8 Å². The number of sulfonamides is 1. The van der Waals surface area contributed by atoms with Gasteiger partial charge in [-0.2, -0.15) is 0 Å². The molecule has 1 aromatic heterocycles. The van der Waals surface area contributed by atoms with Gasteiger partial charge in [0, 0.05) is 6.20 Å². The van der Waals surface area contributed by atoms with E-state index >= 15 is 0 Å². The van der Waals surface area contributed by atoms with Crippen LogP contribution in [-0.2, 0) is 10.0 Å². The van der Waals surface area contributed by atoms with Crippen molar-refractivity contribution in [1.29, 1.82) is 0 Å². The Morgan fingerprint density at radius 2 is 2.25 bits per heavy atom. The number of primary sulfonamides is 1. The average molecular weight is 188 g/mol. The molecule has 1 rings (SSSR count). The molecule has 0 saturated carbocycles. The lowest BCUT2D eigenvalue weighted by Crippen LogP contribution is -2.13. The Bertz CT molecular complexity index is 374. The first-order chi connectivity index (χ1) is 5.55. The Morgan fingerprint density at radius 3 is 2.67 bits per heavy atom. The summed E-state index contributed by atoms with van der Waals surface area (Å²) in [5, 5.41) is 4.89. The third-order valence-corrected chi connectivity index (χ3v) is 2.16. The molecule has 6 heteroatoms. The van der Waals surface area contributed by atoms with Gasteiger partial charge in [0.15, 0.2) is 0 Å². The molecular weight excluding hydrogens is 180 g/mol. The maximum absolute atomic E-state index is 10.9. The lowest BCUT2D eigenvalue weighted by atomic mass is 10.5. The fourth-order valence-corrected chi connectivity index (χ4v) is 1.39. The molecule has 0 aliphatic rings. The molecule has 0 aliphatic heterocycles. The van der Waals surface area contributed by atoms with Gasteiger partial charge in [0.25, 0.3) is 0 Å². The summed E-state index contributed by atoms with van der Waals surface area (Å²) in [6.07, 6.45) is 1.42. The third kappa shape index (κ3) is 1.72. The lowest BCUT2D eigenvalue weighted by molar-refractivity contribution is 0.385. The number of nitrogens with zero attached hydrogens (tertiary/aromatic N) is 1. The third-order valence-electron chi connectivity index (χ3n) is 1.24. The molecule has 0 aromatic carbocycles. The molecule has 0 amide bonds. The van der Waals surface area contributed by atoms with Crippen LogP contribution in [0.1, 0.15) is 0 Å². The number of ether oxygens (including phenoxy) is 1. The maximum Gasteiger partial charge on any atom is 0.243 e. The Kier molecular flexibility index (Phi) is 2.30. The van der Waals surface area contributed by atoms with Gasteiger partial charge in [-0.3, -0.25) is 0 Å². The molecular formula is C6H8N2O3S. The quantitative estimate of drug-likeness (QED) is 0.693. The minimum absolute atomic E-state index is 0.0139. The van der Waals surface area contributed by atoms with Crippen LogP contribution in [-0.4, -0.2) is 20.5 Å². The molecule has 0 spiro atoms. The number of hydrogen-bond acceptors (Lipinski definition) is 4. The summed E-state index contributed by atoms with van der Waals surface area (Å²) in [6, 6.07) is 2.81. The second-order valence-electron chi connectivity index (χ2n) is 2.06. The second kappa shape index (κ2) is 3.08. The summed E-state index contributed by atoms with van der Waals surface area (Å²) in [5.74, 6) is 0.0139. The van der Waals surface area contributed by atoms with Crippen LogP contribution in [0.3, 0.4) is 0 Å². The number of methoxy groups -OCH3 is 1. The summed E-state index contributed by atoms with van der Waals surface area (Å²) in [7, 11) is -2.40. The van der Waals surface area contributed by atoms with Gasteiger partial charge < -0.3 is 4.74 Å². The molecule has 0 atom stereocenters. The highest BCUT2D eigenvalue weighted by atomic mass is 32.2. The van der Waals surface area contributed by atoms with Gasteiger partial charge in [-0.15, -0.1) is 0 Å². The van der Waals surface area contributed by atoms with E-state index in [0.29, 0.717) is 0 Å². The van der Waals surface area contributed by atoms with Crippen molar-refractivity contribution in [3.63, 3.8) is 0 Å². The zero-order valence-corrected chi connectivity index (χ0v) is 7.21. The molecule has 12 heavy (non-hydrogen) atoms. The smallest absolute Gasteiger partial charge is 0.243 e. The summed E-state index contributed by atoms with van der Waals surface area (Å²) < 4.78 is 26.4. The van der Waals surface area contributed by atoms with Crippen molar-refractivity contribution < 1.29 is 13.2 Å². The van der Waals surface area contributed by atoms with Crippen LogP contribution in [0.4, 0.5) is 0 Å². The Labute approximate surface area is 70.2 Å². The van der Waals surface area contributed by atoms with Gasteiger partial charge >= 0.3 is 0 Å². The summed E-state index contributed by atoms with van der Waals surface area (Å²) in [4.78, 5) is 3.58. The molecule has 0 bridgehead atoms. The van der Waals surface area contributed by atoms with Crippen LogP contribution in [0.2, 0.25) is 0 Å². The van der Waals surface area contributed by atoms with Crippen LogP contribution in [0.5, 0.6) is 5.88 Å². The van der Waals surface area contributed by atoms with Gasteiger partial charge in [-0.05, 0) is 12.1 Å². The molecule has 0 radical (unpaired) electrons. The van der Waals surface area contributed by atoms with Crippen LogP contribution in [0.25, 0.3) is 0 Å². The highest BCUT2D eigenvalue weighted by Crippen LogP contribution is 2.17. The Hall–Kier alpha value is -1.14. The molecule has 0 fully saturated rings. The Morgan fingerprint density at radius 1 is 1.58 bits per heavy atom. The first kappa shape index (κ1) is 8.95. The van der Waals surface area contributed by atoms with E-state index in [2.05, 4.69) is 4.98 Å². The number of hydrogen-bond donors (Lipinski definition) is 1. The summed E-state index contributed by atoms with van der Waals surface area (Å²) >= 11 is 0. The van der Waals surface area contributed by atoms with Gasteiger partial charge in [0.1, 0.15) is 4.90 Å². The van der Waals surface area contributed by atoms with E-state index in [0.717, 1.165) is 0 Å². The lowest BCUT2D eigenvalue weighted by Gasteiger charge is -2.02. The molecule has 1 aromatic rings. The van der Waals surface area contributed by atoms with E-state index in [1.165, 1.54) is 25.4 Å². The van der Waals surface area contributed by atoms with Crippen molar-refractivity contribution in [1.82, 2.24) is 4.98 Å². The molecule has 5 nitrogen and oxygen atoms in total. The zero-order chi connectivity index (χ0) is 9.19. The molecule has 2 N–H and O–H groups in total. The van der Waals surface area contributed by atoms with Crippen LogP contribution in [0, 0.1) is 0 Å². The van der Waals surface area contributed by atoms with E-state index < -0.39 is 10.0 Å². The van der Waals surface area contributed by atoms with Gasteiger partial charge in [0.05, 0.1) is 7.11 Å². The molecule has 0 saturated heterocycles. The highest BCUT2D eigenvalue weighted by molar-refractivity contribution is 7.89. The van der Waals surface area contributed by atoms with Crippen LogP contribution >= 0.6 is 0 Å². The zero-order valence-electron chi connectivity index (χ0n) is 6.39.